The Morgan fingerprint density at radius 3 is 3.15 bits per heavy atom. The number of aromatic nitrogens is 2. The van der Waals surface area contributed by atoms with Gasteiger partial charge in [-0.3, -0.25) is 4.68 Å². The van der Waals surface area contributed by atoms with Crippen molar-refractivity contribution in [3.05, 3.63) is 18.0 Å². The summed E-state index contributed by atoms with van der Waals surface area (Å²) in [6.07, 6.45) is 8.03. The maximum absolute atomic E-state index is 5.63. The van der Waals surface area contributed by atoms with Crippen LogP contribution in [0.25, 0.3) is 0 Å². The maximum atomic E-state index is 5.63. The zero-order valence-electron chi connectivity index (χ0n) is 8.07. The molecule has 1 fully saturated rings. The molecule has 2 heterocycles. The lowest BCUT2D eigenvalue weighted by Gasteiger charge is -2.22. The van der Waals surface area contributed by atoms with Crippen molar-refractivity contribution in [2.24, 2.45) is 0 Å². The topological polar surface area (TPSA) is 27.1 Å². The zero-order valence-corrected chi connectivity index (χ0v) is 8.07. The van der Waals surface area contributed by atoms with Gasteiger partial charge >= 0.3 is 0 Å². The van der Waals surface area contributed by atoms with Gasteiger partial charge in [-0.15, -0.1) is 0 Å². The van der Waals surface area contributed by atoms with Crippen molar-refractivity contribution >= 4 is 0 Å². The van der Waals surface area contributed by atoms with E-state index >= 15 is 0 Å². The van der Waals surface area contributed by atoms with Crippen molar-refractivity contribution in [3.8, 4) is 0 Å². The Bertz CT molecular complexity index is 264. The van der Waals surface area contributed by atoms with Crippen molar-refractivity contribution in [2.75, 3.05) is 6.61 Å². The van der Waals surface area contributed by atoms with Crippen molar-refractivity contribution in [1.29, 1.82) is 0 Å². The third kappa shape index (κ3) is 2.31. The van der Waals surface area contributed by atoms with Crippen LogP contribution in [0.1, 0.15) is 24.8 Å². The number of ether oxygens (including phenoxy) is 1. The third-order valence-corrected chi connectivity index (χ3v) is 2.43. The van der Waals surface area contributed by atoms with Crippen molar-refractivity contribution in [3.63, 3.8) is 0 Å². The molecule has 1 unspecified atom stereocenters. The summed E-state index contributed by atoms with van der Waals surface area (Å²) in [6.45, 7) is 3.89. The van der Waals surface area contributed by atoms with E-state index in [0.29, 0.717) is 6.10 Å². The molecule has 0 saturated carbocycles. The number of hydrogen-bond acceptors (Lipinski definition) is 2. The summed E-state index contributed by atoms with van der Waals surface area (Å²) in [5, 5.41) is 4.25. The van der Waals surface area contributed by atoms with Crippen LogP contribution in [0.5, 0.6) is 0 Å². The molecule has 3 nitrogen and oxygen atoms in total. The van der Waals surface area contributed by atoms with E-state index in [4.69, 9.17) is 4.74 Å². The quantitative estimate of drug-likeness (QED) is 0.693. The highest BCUT2D eigenvalue weighted by Crippen LogP contribution is 2.14. The molecule has 1 aliphatic rings. The Morgan fingerprint density at radius 1 is 1.62 bits per heavy atom. The van der Waals surface area contributed by atoms with Crippen LogP contribution in [0.2, 0.25) is 0 Å². The van der Waals surface area contributed by atoms with Crippen LogP contribution in [0.15, 0.2) is 12.4 Å². The van der Waals surface area contributed by atoms with Crippen LogP contribution < -0.4 is 0 Å². The predicted molar refractivity (Wildman–Crippen MR) is 50.6 cm³/mol. The molecule has 3 heteroatoms. The lowest BCUT2D eigenvalue weighted by molar-refractivity contribution is 0.00399. The van der Waals surface area contributed by atoms with Gasteiger partial charge in [0.05, 0.1) is 18.8 Å². The Kier molecular flexibility index (Phi) is 2.64. The minimum Gasteiger partial charge on any atom is -0.376 e. The fourth-order valence-electron chi connectivity index (χ4n) is 1.73. The van der Waals surface area contributed by atoms with Gasteiger partial charge in [0.15, 0.2) is 0 Å². The van der Waals surface area contributed by atoms with E-state index in [1.807, 2.05) is 10.9 Å². The molecule has 1 aliphatic heterocycles. The van der Waals surface area contributed by atoms with Crippen molar-refractivity contribution < 1.29 is 4.74 Å². The molecule has 0 aromatic carbocycles. The molecule has 1 aromatic rings. The van der Waals surface area contributed by atoms with E-state index in [2.05, 4.69) is 18.2 Å². The number of nitrogens with zero attached hydrogens (tertiary/aromatic N) is 2. The molecule has 0 bridgehead atoms. The second-order valence-corrected chi connectivity index (χ2v) is 3.73. The fraction of sp³-hybridized carbons (Fsp3) is 0.700. The first-order valence-electron chi connectivity index (χ1n) is 4.95. The molecule has 0 radical (unpaired) electrons. The molecule has 1 saturated heterocycles. The summed E-state index contributed by atoms with van der Waals surface area (Å²) in [5.41, 5.74) is 1.22. The van der Waals surface area contributed by atoms with Crippen LogP contribution >= 0.6 is 0 Å². The second kappa shape index (κ2) is 3.92. The molecule has 0 amide bonds. The van der Waals surface area contributed by atoms with Gasteiger partial charge in [0, 0.05) is 12.8 Å². The van der Waals surface area contributed by atoms with Crippen LogP contribution in [-0.4, -0.2) is 22.5 Å². The molecular formula is C10H16N2O. The SMILES string of the molecule is Cc1cnn(CC2CCCCO2)c1. The highest BCUT2D eigenvalue weighted by molar-refractivity contribution is 4.99. The van der Waals surface area contributed by atoms with Gasteiger partial charge in [0.2, 0.25) is 0 Å². The van der Waals surface area contributed by atoms with E-state index < -0.39 is 0 Å². The summed E-state index contributed by atoms with van der Waals surface area (Å²) in [4.78, 5) is 0. The average Bonchev–Trinajstić information content (AvgIpc) is 2.53. The van der Waals surface area contributed by atoms with Gasteiger partial charge in [-0.05, 0) is 31.7 Å². The van der Waals surface area contributed by atoms with Crippen molar-refractivity contribution in [2.45, 2.75) is 38.8 Å². The monoisotopic (exact) mass is 180 g/mol. The normalized spacial score (nSPS) is 23.3. The summed E-state index contributed by atoms with van der Waals surface area (Å²) >= 11 is 0. The third-order valence-electron chi connectivity index (χ3n) is 2.43. The number of rotatable bonds is 2. The van der Waals surface area contributed by atoms with Crippen molar-refractivity contribution in [1.82, 2.24) is 9.78 Å². The molecule has 1 atom stereocenters. The van der Waals surface area contributed by atoms with Gasteiger partial charge in [-0.25, -0.2) is 0 Å². The zero-order chi connectivity index (χ0) is 9.10. The lowest BCUT2D eigenvalue weighted by Crippen LogP contribution is -2.24. The van der Waals surface area contributed by atoms with Gasteiger partial charge in [0.1, 0.15) is 0 Å². The molecule has 1 aromatic heterocycles. The maximum Gasteiger partial charge on any atom is 0.0770 e. The van der Waals surface area contributed by atoms with Crippen LogP contribution in [0.3, 0.4) is 0 Å². The van der Waals surface area contributed by atoms with Gasteiger partial charge in [0.25, 0.3) is 0 Å². The van der Waals surface area contributed by atoms with Gasteiger partial charge < -0.3 is 4.74 Å². The fourth-order valence-corrected chi connectivity index (χ4v) is 1.73. The van der Waals surface area contributed by atoms with Crippen LogP contribution in [0, 0.1) is 6.92 Å². The van der Waals surface area contributed by atoms with Gasteiger partial charge in [-0.1, -0.05) is 0 Å². The summed E-state index contributed by atoms with van der Waals surface area (Å²) in [6, 6.07) is 0. The first kappa shape index (κ1) is 8.75. The molecule has 0 N–H and O–H groups in total. The number of hydrogen-bond donors (Lipinski definition) is 0. The minimum atomic E-state index is 0.382. The highest BCUT2D eigenvalue weighted by Gasteiger charge is 2.14. The second-order valence-electron chi connectivity index (χ2n) is 3.73. The molecule has 0 spiro atoms. The van der Waals surface area contributed by atoms with E-state index in [1.165, 1.54) is 24.8 Å². The smallest absolute Gasteiger partial charge is 0.0770 e. The highest BCUT2D eigenvalue weighted by atomic mass is 16.5. The van der Waals surface area contributed by atoms with Crippen LogP contribution in [0.4, 0.5) is 0 Å². The Hall–Kier alpha value is -0.830. The van der Waals surface area contributed by atoms with Gasteiger partial charge in [-0.2, -0.15) is 5.10 Å². The molecule has 72 valence electrons. The summed E-state index contributed by atoms with van der Waals surface area (Å²) in [5.74, 6) is 0. The Labute approximate surface area is 78.7 Å². The summed E-state index contributed by atoms with van der Waals surface area (Å²) in [7, 11) is 0. The molecular weight excluding hydrogens is 164 g/mol. The first-order valence-corrected chi connectivity index (χ1v) is 4.95. The Morgan fingerprint density at radius 2 is 2.54 bits per heavy atom. The average molecular weight is 180 g/mol. The Balaban J connectivity index is 1.89. The van der Waals surface area contributed by atoms with E-state index in [0.717, 1.165) is 13.2 Å². The number of aryl methyl sites for hydroxylation is 1. The summed E-state index contributed by atoms with van der Waals surface area (Å²) < 4.78 is 7.61. The van der Waals surface area contributed by atoms with E-state index in [-0.39, 0.29) is 0 Å². The van der Waals surface area contributed by atoms with E-state index in [1.54, 1.807) is 0 Å². The molecule has 2 rings (SSSR count). The molecule has 13 heavy (non-hydrogen) atoms. The predicted octanol–water partition coefficient (Wildman–Crippen LogP) is 1.76. The molecule has 0 aliphatic carbocycles. The van der Waals surface area contributed by atoms with E-state index in [9.17, 15) is 0 Å². The standard InChI is InChI=1S/C10H16N2O/c1-9-6-11-12(7-9)8-10-4-2-3-5-13-10/h6-7,10H,2-5,8H2,1H3. The first-order chi connectivity index (χ1) is 6.34. The van der Waals surface area contributed by atoms with Crippen LogP contribution in [-0.2, 0) is 11.3 Å². The minimum absolute atomic E-state index is 0.382. The largest absolute Gasteiger partial charge is 0.376 e. The lowest BCUT2D eigenvalue weighted by atomic mass is 10.1.